The fourth-order valence-corrected chi connectivity index (χ4v) is 5.31. The molecular weight excluding hydrogens is 559 g/mol. The molecule has 3 aromatic carbocycles. The highest BCUT2D eigenvalue weighted by molar-refractivity contribution is 6.36. The van der Waals surface area contributed by atoms with Gasteiger partial charge in [-0.3, -0.25) is 0 Å². The van der Waals surface area contributed by atoms with Crippen molar-refractivity contribution < 1.29 is 18.6 Å². The summed E-state index contributed by atoms with van der Waals surface area (Å²) in [5, 5.41) is 4.03. The Kier molecular flexibility index (Phi) is 7.54. The number of fused-ring (bicyclic) bond motifs is 2. The normalized spacial score (nSPS) is 12.3. The predicted octanol–water partition coefficient (Wildman–Crippen LogP) is 6.09. The summed E-state index contributed by atoms with van der Waals surface area (Å²) in [6.07, 6.45) is 3.07. The summed E-state index contributed by atoms with van der Waals surface area (Å²) in [6.45, 7) is 1.78. The van der Waals surface area contributed by atoms with Crippen molar-refractivity contribution in [3.05, 3.63) is 89.0 Å². The summed E-state index contributed by atoms with van der Waals surface area (Å²) in [4.78, 5) is 15.0. The van der Waals surface area contributed by atoms with Crippen molar-refractivity contribution in [3.8, 4) is 28.5 Å². The Morgan fingerprint density at radius 1 is 0.952 bits per heavy atom. The zero-order valence-corrected chi connectivity index (χ0v) is 23.8. The third-order valence-electron chi connectivity index (χ3n) is 7.11. The molecule has 5 aromatic rings. The molecule has 0 saturated carbocycles. The van der Waals surface area contributed by atoms with Gasteiger partial charge in [-0.25, -0.2) is 19.3 Å². The van der Waals surface area contributed by atoms with E-state index in [4.69, 9.17) is 31.5 Å². The number of hydrogen-bond donors (Lipinski definition) is 2. The molecular formula is C31H28ClFN6O3. The van der Waals surface area contributed by atoms with Gasteiger partial charge in [-0.05, 0) is 41.5 Å². The first-order valence-electron chi connectivity index (χ1n) is 13.3. The Bertz CT molecular complexity index is 1700. The van der Waals surface area contributed by atoms with E-state index >= 15 is 4.39 Å². The highest BCUT2D eigenvalue weighted by atomic mass is 35.5. The van der Waals surface area contributed by atoms with E-state index in [0.717, 1.165) is 22.6 Å². The summed E-state index contributed by atoms with van der Waals surface area (Å²) in [5.41, 5.74) is 9.83. The van der Waals surface area contributed by atoms with Gasteiger partial charge in [-0.2, -0.15) is 0 Å². The van der Waals surface area contributed by atoms with Crippen LogP contribution in [0.2, 0.25) is 5.02 Å². The molecule has 42 heavy (non-hydrogen) atoms. The topological polar surface area (TPSA) is 108 Å². The summed E-state index contributed by atoms with van der Waals surface area (Å²) >= 11 is 6.82. The van der Waals surface area contributed by atoms with E-state index in [9.17, 15) is 0 Å². The number of halogens is 2. The monoisotopic (exact) mass is 586 g/mol. The van der Waals surface area contributed by atoms with Gasteiger partial charge >= 0.3 is 0 Å². The van der Waals surface area contributed by atoms with Crippen molar-refractivity contribution in [2.24, 2.45) is 0 Å². The van der Waals surface area contributed by atoms with Crippen LogP contribution in [0.25, 0.3) is 22.0 Å². The Labute approximate surface area is 247 Å². The van der Waals surface area contributed by atoms with Crippen molar-refractivity contribution in [2.75, 3.05) is 43.3 Å². The molecule has 0 unspecified atom stereocenters. The molecule has 3 N–H and O–H groups in total. The maximum absolute atomic E-state index is 17.0. The van der Waals surface area contributed by atoms with E-state index in [1.807, 2.05) is 53.4 Å². The van der Waals surface area contributed by atoms with Gasteiger partial charge in [-0.15, -0.1) is 0 Å². The molecule has 0 fully saturated rings. The van der Waals surface area contributed by atoms with E-state index in [-0.39, 0.29) is 11.5 Å². The average Bonchev–Trinajstić information content (AvgIpc) is 3.02. The molecule has 1 aliphatic heterocycles. The van der Waals surface area contributed by atoms with Crippen molar-refractivity contribution >= 4 is 39.8 Å². The molecule has 0 aliphatic carbocycles. The minimum atomic E-state index is -0.488. The van der Waals surface area contributed by atoms with Gasteiger partial charge in [-0.1, -0.05) is 35.9 Å². The van der Waals surface area contributed by atoms with E-state index in [1.165, 1.54) is 6.20 Å². The van der Waals surface area contributed by atoms with Crippen LogP contribution in [0.3, 0.4) is 0 Å². The van der Waals surface area contributed by atoms with Crippen LogP contribution in [0.15, 0.2) is 67.0 Å². The van der Waals surface area contributed by atoms with E-state index in [1.54, 1.807) is 26.5 Å². The molecule has 0 atom stereocenters. The number of benzene rings is 3. The van der Waals surface area contributed by atoms with Gasteiger partial charge in [0.15, 0.2) is 5.82 Å². The van der Waals surface area contributed by atoms with Gasteiger partial charge in [0.25, 0.3) is 0 Å². The van der Waals surface area contributed by atoms with Crippen molar-refractivity contribution in [2.45, 2.75) is 13.1 Å². The lowest BCUT2D eigenvalue weighted by Gasteiger charge is -2.28. The number of rotatable bonds is 8. The van der Waals surface area contributed by atoms with Crippen LogP contribution < -0.4 is 30.2 Å². The molecule has 2 aromatic heterocycles. The van der Waals surface area contributed by atoms with Gasteiger partial charge < -0.3 is 30.2 Å². The second-order valence-electron chi connectivity index (χ2n) is 9.74. The number of methoxy groups -OCH3 is 2. The fraction of sp³-hybridized carbons (Fsp3) is 0.194. The molecule has 3 heterocycles. The maximum atomic E-state index is 17.0. The summed E-state index contributed by atoms with van der Waals surface area (Å²) in [6, 6.07) is 17.0. The molecule has 0 saturated heterocycles. The van der Waals surface area contributed by atoms with Crippen LogP contribution in [0.5, 0.6) is 17.4 Å². The first-order chi connectivity index (χ1) is 20.4. The minimum Gasteiger partial charge on any atom is -0.497 e. The van der Waals surface area contributed by atoms with Gasteiger partial charge in [0.2, 0.25) is 11.8 Å². The van der Waals surface area contributed by atoms with Gasteiger partial charge in [0.05, 0.1) is 30.4 Å². The number of anilines is 3. The van der Waals surface area contributed by atoms with Crippen LogP contribution in [0.1, 0.15) is 11.1 Å². The van der Waals surface area contributed by atoms with E-state index in [0.29, 0.717) is 65.0 Å². The average molecular weight is 587 g/mol. The Morgan fingerprint density at radius 2 is 1.60 bits per heavy atom. The van der Waals surface area contributed by atoms with Crippen LogP contribution in [0.4, 0.5) is 21.7 Å². The number of nitrogens with one attached hydrogen (secondary N) is 1. The Morgan fingerprint density at radius 3 is 2.21 bits per heavy atom. The molecule has 11 heteroatoms. The second-order valence-corrected chi connectivity index (χ2v) is 10.1. The first kappa shape index (κ1) is 27.3. The summed E-state index contributed by atoms with van der Waals surface area (Å²) < 4.78 is 33.3. The largest absolute Gasteiger partial charge is 0.497 e. The maximum Gasteiger partial charge on any atom is 0.239 e. The highest BCUT2D eigenvalue weighted by Gasteiger charge is 2.26. The fourth-order valence-electron chi connectivity index (χ4n) is 5.02. The number of ether oxygens (including phenoxy) is 3. The van der Waals surface area contributed by atoms with Crippen molar-refractivity contribution in [1.29, 1.82) is 0 Å². The molecule has 6 rings (SSSR count). The molecule has 9 nitrogen and oxygen atoms in total. The van der Waals surface area contributed by atoms with E-state index < -0.39 is 5.82 Å². The SMILES string of the molecule is COc1ccc(CN(Cc2ccc(OC)cc2)c2c(F)c(-c3cnc4c(c3Cl)NCCO4)cc3nc(N)ncc23)cc1. The Hall–Kier alpha value is -4.83. The number of pyridine rings is 1. The minimum absolute atomic E-state index is 0.0765. The number of hydrogen-bond acceptors (Lipinski definition) is 9. The zero-order chi connectivity index (χ0) is 29.2. The quantitative estimate of drug-likeness (QED) is 0.223. The number of nitrogen functional groups attached to an aromatic ring is 1. The number of aromatic nitrogens is 3. The molecule has 0 amide bonds. The second kappa shape index (κ2) is 11.6. The first-order valence-corrected chi connectivity index (χ1v) is 13.6. The van der Waals surface area contributed by atoms with E-state index in [2.05, 4.69) is 20.3 Å². The van der Waals surface area contributed by atoms with Crippen LogP contribution in [0, 0.1) is 5.82 Å². The van der Waals surface area contributed by atoms with Crippen molar-refractivity contribution in [1.82, 2.24) is 15.0 Å². The molecule has 1 aliphatic rings. The van der Waals surface area contributed by atoms with Gasteiger partial charge in [0, 0.05) is 48.5 Å². The van der Waals surface area contributed by atoms with Crippen LogP contribution in [-0.2, 0) is 13.1 Å². The standard InChI is InChI=1S/C31H28ClFN6O3/c1-40-20-7-3-18(4-8-20)16-39(17-19-5-9-21(41-2)10-6-19)29-24-15-37-31(34)38-25(24)13-22(27(29)33)23-14-36-30-28(26(23)32)35-11-12-42-30/h3-10,13-15,35H,11-12,16-17H2,1-2H3,(H2,34,37,38). The summed E-state index contributed by atoms with van der Waals surface area (Å²) in [7, 11) is 3.23. The number of nitrogens with two attached hydrogens (primary N) is 1. The lowest BCUT2D eigenvalue weighted by molar-refractivity contribution is 0.310. The third kappa shape index (κ3) is 5.28. The van der Waals surface area contributed by atoms with Crippen LogP contribution in [-0.4, -0.2) is 42.3 Å². The lowest BCUT2D eigenvalue weighted by atomic mass is 10.0. The Balaban J connectivity index is 1.54. The third-order valence-corrected chi connectivity index (χ3v) is 7.50. The predicted molar refractivity (Wildman–Crippen MR) is 162 cm³/mol. The zero-order valence-electron chi connectivity index (χ0n) is 23.0. The summed E-state index contributed by atoms with van der Waals surface area (Å²) in [5.74, 6) is 1.43. The molecule has 0 bridgehead atoms. The molecule has 0 radical (unpaired) electrons. The molecule has 214 valence electrons. The highest BCUT2D eigenvalue weighted by Crippen LogP contribution is 2.44. The van der Waals surface area contributed by atoms with Crippen LogP contribution >= 0.6 is 11.6 Å². The lowest BCUT2D eigenvalue weighted by Crippen LogP contribution is -2.24. The number of nitrogens with zero attached hydrogens (tertiary/aromatic N) is 4. The molecule has 0 spiro atoms. The smallest absolute Gasteiger partial charge is 0.239 e. The van der Waals surface area contributed by atoms with Gasteiger partial charge in [0.1, 0.15) is 23.8 Å². The van der Waals surface area contributed by atoms with Crippen molar-refractivity contribution in [3.63, 3.8) is 0 Å².